The smallest absolute Gasteiger partial charge is 0.100 e. The molecule has 1 heterocycles. The number of rotatable bonds is 3. The van der Waals surface area contributed by atoms with Crippen molar-refractivity contribution in [1.82, 2.24) is 9.55 Å². The van der Waals surface area contributed by atoms with Crippen LogP contribution in [0.25, 0.3) is 27.8 Å². The Morgan fingerprint density at radius 3 is 2.42 bits per heavy atom. The first-order chi connectivity index (χ1) is 12.5. The van der Waals surface area contributed by atoms with Crippen molar-refractivity contribution >= 4 is 34.2 Å². The lowest BCUT2D eigenvalue weighted by Gasteiger charge is -2.11. The third kappa shape index (κ3) is 2.99. The molecule has 3 nitrogen and oxygen atoms in total. The molecule has 0 radical (unpaired) electrons. The Labute approximate surface area is 162 Å². The monoisotopic (exact) mass is 381 g/mol. The van der Waals surface area contributed by atoms with Crippen molar-refractivity contribution in [1.29, 1.82) is 0 Å². The molecule has 0 spiro atoms. The Morgan fingerprint density at radius 1 is 0.962 bits per heavy atom. The van der Waals surface area contributed by atoms with Gasteiger partial charge in [-0.2, -0.15) is 0 Å². The third-order valence-electron chi connectivity index (χ3n) is 4.47. The van der Waals surface area contributed by atoms with Crippen LogP contribution in [-0.4, -0.2) is 9.55 Å². The van der Waals surface area contributed by atoms with Crippen LogP contribution in [0.1, 0.15) is 18.5 Å². The number of aromatic nitrogens is 2. The molecule has 0 saturated carbocycles. The van der Waals surface area contributed by atoms with Crippen LogP contribution < -0.4 is 5.73 Å². The molecule has 130 valence electrons. The maximum Gasteiger partial charge on any atom is 0.100 e. The number of hydrogen-bond donors (Lipinski definition) is 1. The number of halogens is 2. The summed E-state index contributed by atoms with van der Waals surface area (Å²) in [6.45, 7) is 1.97. The molecule has 0 amide bonds. The Hall–Kier alpha value is -2.33. The van der Waals surface area contributed by atoms with E-state index < -0.39 is 0 Å². The van der Waals surface area contributed by atoms with Crippen LogP contribution in [0.3, 0.4) is 0 Å². The summed E-state index contributed by atoms with van der Waals surface area (Å²) in [6, 6.07) is 19.7. The van der Waals surface area contributed by atoms with Gasteiger partial charge in [-0.05, 0) is 54.4 Å². The molecule has 0 saturated heterocycles. The van der Waals surface area contributed by atoms with Gasteiger partial charge in [0.1, 0.15) is 6.33 Å². The molecule has 26 heavy (non-hydrogen) atoms. The molecule has 4 aromatic rings. The lowest BCUT2D eigenvalue weighted by atomic mass is 10.0. The van der Waals surface area contributed by atoms with E-state index in [-0.39, 0.29) is 6.04 Å². The number of benzene rings is 3. The van der Waals surface area contributed by atoms with Crippen molar-refractivity contribution in [2.45, 2.75) is 13.0 Å². The van der Waals surface area contributed by atoms with Gasteiger partial charge >= 0.3 is 0 Å². The number of imidazole rings is 1. The topological polar surface area (TPSA) is 43.8 Å². The Bertz CT molecular complexity index is 1080. The highest BCUT2D eigenvalue weighted by molar-refractivity contribution is 6.39. The first kappa shape index (κ1) is 17.1. The predicted molar refractivity (Wildman–Crippen MR) is 109 cm³/mol. The second kappa shape index (κ2) is 6.76. The van der Waals surface area contributed by atoms with Crippen molar-refractivity contribution in [3.63, 3.8) is 0 Å². The second-order valence-corrected chi connectivity index (χ2v) is 7.11. The molecular weight excluding hydrogens is 365 g/mol. The fourth-order valence-corrected chi connectivity index (χ4v) is 3.72. The molecule has 1 atom stereocenters. The number of nitrogens with zero attached hydrogens (tertiary/aromatic N) is 2. The van der Waals surface area contributed by atoms with Crippen LogP contribution in [0.4, 0.5) is 0 Å². The van der Waals surface area contributed by atoms with Gasteiger partial charge in [0.15, 0.2) is 0 Å². The summed E-state index contributed by atoms with van der Waals surface area (Å²) in [6.07, 6.45) is 1.82. The molecule has 0 bridgehead atoms. The van der Waals surface area contributed by atoms with Crippen LogP contribution in [0.2, 0.25) is 10.0 Å². The molecule has 1 unspecified atom stereocenters. The fourth-order valence-electron chi connectivity index (χ4n) is 3.10. The number of fused-ring (bicyclic) bond motifs is 1. The van der Waals surface area contributed by atoms with Gasteiger partial charge in [-0.25, -0.2) is 4.98 Å². The first-order valence-corrected chi connectivity index (χ1v) is 9.07. The van der Waals surface area contributed by atoms with Crippen LogP contribution in [0, 0.1) is 0 Å². The summed E-state index contributed by atoms with van der Waals surface area (Å²) in [7, 11) is 0. The largest absolute Gasteiger partial charge is 0.324 e. The number of nitrogens with two attached hydrogens (primary N) is 1. The SMILES string of the molecule is CC(N)c1ccc2c(c1)ncn2-c1cccc(-c2c(Cl)cccc2Cl)c1. The predicted octanol–water partition coefficient (Wildman–Crippen LogP) is 6.02. The molecule has 3 aromatic carbocycles. The van der Waals surface area contributed by atoms with E-state index in [1.54, 1.807) is 0 Å². The van der Waals surface area contributed by atoms with Crippen molar-refractivity contribution in [3.05, 3.63) is 82.6 Å². The van der Waals surface area contributed by atoms with Crippen molar-refractivity contribution in [2.24, 2.45) is 5.73 Å². The van der Waals surface area contributed by atoms with Gasteiger partial charge in [0.05, 0.1) is 11.0 Å². The fraction of sp³-hybridized carbons (Fsp3) is 0.0952. The summed E-state index contributed by atoms with van der Waals surface area (Å²) in [5.41, 5.74) is 11.8. The molecule has 2 N–H and O–H groups in total. The molecular formula is C21H17Cl2N3. The summed E-state index contributed by atoms with van der Waals surface area (Å²) < 4.78 is 2.05. The Morgan fingerprint density at radius 2 is 1.69 bits per heavy atom. The molecule has 5 heteroatoms. The van der Waals surface area contributed by atoms with E-state index in [1.165, 1.54) is 0 Å². The average molecular weight is 382 g/mol. The zero-order chi connectivity index (χ0) is 18.3. The summed E-state index contributed by atoms with van der Waals surface area (Å²) >= 11 is 12.7. The van der Waals surface area contributed by atoms with Crippen LogP contribution in [0.5, 0.6) is 0 Å². The summed E-state index contributed by atoms with van der Waals surface area (Å²) in [5, 5.41) is 1.26. The second-order valence-electron chi connectivity index (χ2n) is 6.30. The highest BCUT2D eigenvalue weighted by Gasteiger charge is 2.11. The van der Waals surface area contributed by atoms with Gasteiger partial charge < -0.3 is 5.73 Å². The van der Waals surface area contributed by atoms with Gasteiger partial charge in [-0.3, -0.25) is 4.57 Å². The van der Waals surface area contributed by atoms with E-state index in [0.717, 1.165) is 33.4 Å². The van der Waals surface area contributed by atoms with E-state index >= 15 is 0 Å². The standard InChI is InChI=1S/C21H17Cl2N3/c1-13(24)14-8-9-20-19(11-14)25-12-26(20)16-5-2-4-15(10-16)21-17(22)6-3-7-18(21)23/h2-13H,24H2,1H3. The molecule has 0 aliphatic carbocycles. The zero-order valence-corrected chi connectivity index (χ0v) is 15.7. The van der Waals surface area contributed by atoms with Gasteiger partial charge in [0.2, 0.25) is 0 Å². The quantitative estimate of drug-likeness (QED) is 0.471. The molecule has 0 aliphatic rings. The highest BCUT2D eigenvalue weighted by Crippen LogP contribution is 2.35. The Kier molecular flexibility index (Phi) is 4.45. The minimum Gasteiger partial charge on any atom is -0.324 e. The van der Waals surface area contributed by atoms with Gasteiger partial charge in [-0.15, -0.1) is 0 Å². The minimum atomic E-state index is -0.0183. The lowest BCUT2D eigenvalue weighted by molar-refractivity contribution is 0.819. The van der Waals surface area contributed by atoms with E-state index in [1.807, 2.05) is 61.8 Å². The van der Waals surface area contributed by atoms with Crippen molar-refractivity contribution in [2.75, 3.05) is 0 Å². The minimum absolute atomic E-state index is 0.0183. The van der Waals surface area contributed by atoms with E-state index in [2.05, 4.69) is 21.7 Å². The third-order valence-corrected chi connectivity index (χ3v) is 5.10. The van der Waals surface area contributed by atoms with Gasteiger partial charge in [0, 0.05) is 27.3 Å². The van der Waals surface area contributed by atoms with Crippen LogP contribution >= 0.6 is 23.2 Å². The van der Waals surface area contributed by atoms with Crippen molar-refractivity contribution < 1.29 is 0 Å². The van der Waals surface area contributed by atoms with Gasteiger partial charge in [0.25, 0.3) is 0 Å². The number of hydrogen-bond acceptors (Lipinski definition) is 2. The zero-order valence-electron chi connectivity index (χ0n) is 14.2. The molecule has 1 aromatic heterocycles. The lowest BCUT2D eigenvalue weighted by Crippen LogP contribution is -2.04. The normalized spacial score (nSPS) is 12.5. The van der Waals surface area contributed by atoms with Crippen LogP contribution in [0.15, 0.2) is 67.0 Å². The van der Waals surface area contributed by atoms with E-state index in [9.17, 15) is 0 Å². The maximum atomic E-state index is 6.37. The average Bonchev–Trinajstić information content (AvgIpc) is 3.05. The molecule has 0 fully saturated rings. The van der Waals surface area contributed by atoms with E-state index in [4.69, 9.17) is 28.9 Å². The molecule has 0 aliphatic heterocycles. The van der Waals surface area contributed by atoms with Crippen molar-refractivity contribution in [3.8, 4) is 16.8 Å². The first-order valence-electron chi connectivity index (χ1n) is 8.32. The van der Waals surface area contributed by atoms with E-state index in [0.29, 0.717) is 10.0 Å². The Balaban J connectivity index is 1.84. The van der Waals surface area contributed by atoms with Gasteiger partial charge in [-0.1, -0.05) is 47.5 Å². The highest BCUT2D eigenvalue weighted by atomic mass is 35.5. The summed E-state index contributed by atoms with van der Waals surface area (Å²) in [4.78, 5) is 4.53. The van der Waals surface area contributed by atoms with Crippen LogP contribution in [-0.2, 0) is 0 Å². The molecule has 4 rings (SSSR count). The summed E-state index contributed by atoms with van der Waals surface area (Å²) in [5.74, 6) is 0. The maximum absolute atomic E-state index is 6.37.